The molecule has 9 nitrogen and oxygen atoms in total. The first-order valence-electron chi connectivity index (χ1n) is 7.45. The van der Waals surface area contributed by atoms with Crippen LogP contribution in [0.1, 0.15) is 13.3 Å². The first-order valence-corrected chi connectivity index (χ1v) is 8.24. The maximum Gasteiger partial charge on any atom is 0.294 e. The van der Waals surface area contributed by atoms with Gasteiger partial charge in [0.1, 0.15) is 17.1 Å². The number of hydrogen-bond donors (Lipinski definition) is 2. The highest BCUT2D eigenvalue weighted by molar-refractivity contribution is 9.10. The number of rotatable bonds is 8. The van der Waals surface area contributed by atoms with Gasteiger partial charge in [0.05, 0.1) is 29.2 Å². The number of nitrogens with zero attached hydrogens (tertiary/aromatic N) is 2. The molecule has 25 heavy (non-hydrogen) atoms. The SMILES string of the molecule is CCCOc1cc(NC2=CC(=O)N(CCO)C2=O)c([N+](=O)[O-])cc1Br. The van der Waals surface area contributed by atoms with Gasteiger partial charge in [-0.05, 0) is 22.4 Å². The molecule has 10 heteroatoms. The van der Waals surface area contributed by atoms with E-state index in [4.69, 9.17) is 9.84 Å². The van der Waals surface area contributed by atoms with Crippen LogP contribution in [0.4, 0.5) is 11.4 Å². The summed E-state index contributed by atoms with van der Waals surface area (Å²) in [6, 6.07) is 2.66. The van der Waals surface area contributed by atoms with E-state index in [1.165, 1.54) is 12.1 Å². The molecule has 0 aromatic heterocycles. The number of benzene rings is 1. The van der Waals surface area contributed by atoms with Crippen LogP contribution in [-0.4, -0.2) is 46.5 Å². The fourth-order valence-electron chi connectivity index (χ4n) is 2.17. The van der Waals surface area contributed by atoms with Crippen LogP contribution in [0.25, 0.3) is 0 Å². The summed E-state index contributed by atoms with van der Waals surface area (Å²) >= 11 is 3.22. The number of imide groups is 1. The fraction of sp³-hybridized carbons (Fsp3) is 0.333. The number of carbonyl (C=O) groups excluding carboxylic acids is 2. The molecule has 1 aliphatic heterocycles. The van der Waals surface area contributed by atoms with Gasteiger partial charge in [0.2, 0.25) is 0 Å². The summed E-state index contributed by atoms with van der Waals surface area (Å²) in [6.45, 7) is 1.82. The zero-order valence-electron chi connectivity index (χ0n) is 13.3. The molecule has 1 aromatic rings. The Balaban J connectivity index is 2.34. The molecule has 0 atom stereocenters. The molecule has 0 aliphatic carbocycles. The van der Waals surface area contributed by atoms with E-state index in [1.807, 2.05) is 6.92 Å². The van der Waals surface area contributed by atoms with E-state index in [-0.39, 0.29) is 30.2 Å². The Labute approximate surface area is 151 Å². The van der Waals surface area contributed by atoms with Crippen molar-refractivity contribution in [2.24, 2.45) is 0 Å². The zero-order chi connectivity index (χ0) is 18.6. The minimum Gasteiger partial charge on any atom is -0.492 e. The topological polar surface area (TPSA) is 122 Å². The van der Waals surface area contributed by atoms with Gasteiger partial charge in [-0.2, -0.15) is 0 Å². The Morgan fingerprint density at radius 2 is 2.12 bits per heavy atom. The van der Waals surface area contributed by atoms with Crippen LogP contribution < -0.4 is 10.1 Å². The largest absolute Gasteiger partial charge is 0.492 e. The van der Waals surface area contributed by atoms with Crippen LogP contribution in [-0.2, 0) is 9.59 Å². The number of aliphatic hydroxyl groups is 1. The molecule has 0 fully saturated rings. The Kier molecular flexibility index (Phi) is 6.10. The summed E-state index contributed by atoms with van der Waals surface area (Å²) in [5, 5.41) is 22.8. The van der Waals surface area contributed by atoms with Gasteiger partial charge < -0.3 is 15.2 Å². The number of ether oxygens (including phenoxy) is 1. The van der Waals surface area contributed by atoms with E-state index < -0.39 is 16.7 Å². The molecule has 1 aromatic carbocycles. The molecule has 0 bridgehead atoms. The van der Waals surface area contributed by atoms with E-state index in [1.54, 1.807) is 0 Å². The lowest BCUT2D eigenvalue weighted by atomic mass is 10.2. The van der Waals surface area contributed by atoms with Crippen molar-refractivity contribution in [3.8, 4) is 5.75 Å². The molecule has 2 amide bonds. The van der Waals surface area contributed by atoms with Crippen molar-refractivity contribution in [1.82, 2.24) is 4.90 Å². The first kappa shape index (κ1) is 18.9. The first-order chi connectivity index (χ1) is 11.9. The second kappa shape index (κ2) is 8.08. The number of nitro groups is 1. The number of halogens is 1. The second-order valence-electron chi connectivity index (χ2n) is 5.11. The van der Waals surface area contributed by atoms with Crippen LogP contribution in [0.15, 0.2) is 28.4 Å². The summed E-state index contributed by atoms with van der Waals surface area (Å²) < 4.78 is 5.91. The molecule has 0 saturated carbocycles. The molecule has 1 aliphatic rings. The van der Waals surface area contributed by atoms with E-state index in [0.29, 0.717) is 16.8 Å². The number of β-amino-alcohol motifs (C(OH)–C–C–N with tert-alkyl or cyclic N) is 1. The Hall–Kier alpha value is -2.46. The predicted molar refractivity (Wildman–Crippen MR) is 92.1 cm³/mol. The summed E-state index contributed by atoms with van der Waals surface area (Å²) in [5.74, 6) is -0.879. The van der Waals surface area contributed by atoms with Crippen LogP contribution in [0.3, 0.4) is 0 Å². The summed E-state index contributed by atoms with van der Waals surface area (Å²) in [5.41, 5.74) is -0.361. The number of nitro benzene ring substituents is 1. The molecule has 0 unspecified atom stereocenters. The quantitative estimate of drug-likeness (QED) is 0.378. The van der Waals surface area contributed by atoms with Gasteiger partial charge in [0.25, 0.3) is 17.5 Å². The highest BCUT2D eigenvalue weighted by Gasteiger charge is 2.32. The van der Waals surface area contributed by atoms with Gasteiger partial charge in [-0.3, -0.25) is 24.6 Å². The van der Waals surface area contributed by atoms with Crippen molar-refractivity contribution < 1.29 is 24.4 Å². The molecular formula is C15H16BrN3O6. The molecule has 0 spiro atoms. The molecular weight excluding hydrogens is 398 g/mol. The summed E-state index contributed by atoms with van der Waals surface area (Å²) in [7, 11) is 0. The van der Waals surface area contributed by atoms with Gasteiger partial charge in [-0.25, -0.2) is 0 Å². The second-order valence-corrected chi connectivity index (χ2v) is 5.96. The highest BCUT2D eigenvalue weighted by atomic mass is 79.9. The summed E-state index contributed by atoms with van der Waals surface area (Å²) in [6.07, 6.45) is 1.79. The lowest BCUT2D eigenvalue weighted by Gasteiger charge is -2.14. The normalized spacial score (nSPS) is 13.9. The van der Waals surface area contributed by atoms with Crippen LogP contribution in [0.5, 0.6) is 5.75 Å². The maximum atomic E-state index is 12.2. The van der Waals surface area contributed by atoms with Crippen LogP contribution in [0.2, 0.25) is 0 Å². The van der Waals surface area contributed by atoms with Crippen molar-refractivity contribution in [2.75, 3.05) is 25.1 Å². The number of nitrogens with one attached hydrogen (secondary N) is 1. The van der Waals surface area contributed by atoms with Crippen LogP contribution >= 0.6 is 15.9 Å². The average Bonchev–Trinajstić information content (AvgIpc) is 2.82. The van der Waals surface area contributed by atoms with E-state index in [9.17, 15) is 19.7 Å². The van der Waals surface area contributed by atoms with Crippen LogP contribution in [0, 0.1) is 10.1 Å². The molecule has 1 heterocycles. The van der Waals surface area contributed by atoms with Crippen molar-refractivity contribution in [3.63, 3.8) is 0 Å². The highest BCUT2D eigenvalue weighted by Crippen LogP contribution is 2.37. The third kappa shape index (κ3) is 4.15. The predicted octanol–water partition coefficient (Wildman–Crippen LogP) is 1.80. The monoisotopic (exact) mass is 413 g/mol. The van der Waals surface area contributed by atoms with Crippen molar-refractivity contribution in [1.29, 1.82) is 0 Å². The number of aliphatic hydroxyl groups excluding tert-OH is 1. The molecule has 2 rings (SSSR count). The van der Waals surface area contributed by atoms with Gasteiger partial charge in [0, 0.05) is 18.2 Å². The Bertz CT molecular complexity index is 749. The average molecular weight is 414 g/mol. The lowest BCUT2D eigenvalue weighted by molar-refractivity contribution is -0.384. The minimum atomic E-state index is -0.660. The molecule has 0 saturated heterocycles. The van der Waals surface area contributed by atoms with E-state index in [0.717, 1.165) is 17.4 Å². The van der Waals surface area contributed by atoms with Gasteiger partial charge in [0.15, 0.2) is 0 Å². The Morgan fingerprint density at radius 1 is 1.40 bits per heavy atom. The number of carbonyl (C=O) groups is 2. The van der Waals surface area contributed by atoms with Crippen molar-refractivity contribution in [2.45, 2.75) is 13.3 Å². The number of amides is 2. The molecule has 134 valence electrons. The number of hydrogen-bond acceptors (Lipinski definition) is 7. The fourth-order valence-corrected chi connectivity index (χ4v) is 2.62. The number of anilines is 1. The van der Waals surface area contributed by atoms with E-state index >= 15 is 0 Å². The third-order valence-corrected chi connectivity index (χ3v) is 3.93. The smallest absolute Gasteiger partial charge is 0.294 e. The van der Waals surface area contributed by atoms with Crippen molar-refractivity contribution >= 4 is 39.1 Å². The molecule has 0 radical (unpaired) electrons. The zero-order valence-corrected chi connectivity index (χ0v) is 14.9. The Morgan fingerprint density at radius 3 is 2.72 bits per heavy atom. The van der Waals surface area contributed by atoms with Gasteiger partial charge in [-0.15, -0.1) is 0 Å². The van der Waals surface area contributed by atoms with Gasteiger partial charge in [-0.1, -0.05) is 6.92 Å². The lowest BCUT2D eigenvalue weighted by Crippen LogP contribution is -2.34. The van der Waals surface area contributed by atoms with Gasteiger partial charge >= 0.3 is 0 Å². The summed E-state index contributed by atoms with van der Waals surface area (Å²) in [4.78, 5) is 35.5. The van der Waals surface area contributed by atoms with E-state index in [2.05, 4.69) is 21.2 Å². The third-order valence-electron chi connectivity index (χ3n) is 3.31. The standard InChI is InChI=1S/C15H16BrN3O6/c1-2-5-25-13-7-10(12(19(23)24)6-9(13)16)17-11-8-14(21)18(3-4-20)15(11)22/h6-8,17,20H,2-5H2,1H3. The minimum absolute atomic E-state index is 0.0255. The molecule has 2 N–H and O–H groups in total. The van der Waals surface area contributed by atoms with Crippen molar-refractivity contribution in [3.05, 3.63) is 38.5 Å². The maximum absolute atomic E-state index is 12.2.